The van der Waals surface area contributed by atoms with Crippen LogP contribution in [0.4, 0.5) is 0 Å². The SMILES string of the molecule is COc1ccc(S(=O)(=O)NNC(=O)[C@H](C)Oc2ccc(C#N)cc2)cc1OC. The number of amides is 1. The van der Waals surface area contributed by atoms with Crippen LogP contribution in [-0.2, 0) is 14.8 Å². The van der Waals surface area contributed by atoms with Crippen LogP contribution in [0.15, 0.2) is 47.4 Å². The van der Waals surface area contributed by atoms with Crippen molar-refractivity contribution in [1.29, 1.82) is 5.26 Å². The molecule has 0 aliphatic rings. The maximum absolute atomic E-state index is 12.4. The van der Waals surface area contributed by atoms with Crippen molar-refractivity contribution in [3.05, 3.63) is 48.0 Å². The number of methoxy groups -OCH3 is 2. The van der Waals surface area contributed by atoms with Gasteiger partial charge in [0.25, 0.3) is 15.9 Å². The summed E-state index contributed by atoms with van der Waals surface area (Å²) >= 11 is 0. The highest BCUT2D eigenvalue weighted by atomic mass is 32.2. The third-order valence-corrected chi connectivity index (χ3v) is 4.88. The van der Waals surface area contributed by atoms with E-state index in [0.29, 0.717) is 17.1 Å². The lowest BCUT2D eigenvalue weighted by Gasteiger charge is -2.16. The second kappa shape index (κ2) is 9.07. The van der Waals surface area contributed by atoms with Crippen LogP contribution in [0.3, 0.4) is 0 Å². The van der Waals surface area contributed by atoms with Crippen molar-refractivity contribution in [2.75, 3.05) is 14.2 Å². The van der Waals surface area contributed by atoms with E-state index >= 15 is 0 Å². The highest BCUT2D eigenvalue weighted by molar-refractivity contribution is 7.89. The lowest BCUT2D eigenvalue weighted by molar-refractivity contribution is -0.127. The van der Waals surface area contributed by atoms with Gasteiger partial charge in [0.1, 0.15) is 5.75 Å². The van der Waals surface area contributed by atoms with Gasteiger partial charge in [0.2, 0.25) is 0 Å². The third-order valence-electron chi connectivity index (χ3n) is 3.64. The predicted molar refractivity (Wildman–Crippen MR) is 99.3 cm³/mol. The lowest BCUT2D eigenvalue weighted by atomic mass is 10.2. The van der Waals surface area contributed by atoms with Crippen LogP contribution >= 0.6 is 0 Å². The highest BCUT2D eigenvalue weighted by Crippen LogP contribution is 2.29. The van der Waals surface area contributed by atoms with E-state index in [0.717, 1.165) is 0 Å². The highest BCUT2D eigenvalue weighted by Gasteiger charge is 2.20. The average molecular weight is 405 g/mol. The van der Waals surface area contributed by atoms with Gasteiger partial charge in [0.05, 0.1) is 30.7 Å². The number of nitriles is 1. The molecule has 0 radical (unpaired) electrons. The molecule has 0 spiro atoms. The number of sulfonamides is 1. The van der Waals surface area contributed by atoms with Gasteiger partial charge < -0.3 is 14.2 Å². The number of rotatable bonds is 8. The summed E-state index contributed by atoms with van der Waals surface area (Å²) in [7, 11) is -1.23. The van der Waals surface area contributed by atoms with Crippen molar-refractivity contribution < 1.29 is 27.4 Å². The molecule has 10 heteroatoms. The zero-order chi connectivity index (χ0) is 20.7. The van der Waals surface area contributed by atoms with Crippen molar-refractivity contribution in [3.63, 3.8) is 0 Å². The molecule has 0 aromatic heterocycles. The summed E-state index contributed by atoms with van der Waals surface area (Å²) in [5.74, 6) is 0.266. The first kappa shape index (κ1) is 21.0. The Kier molecular flexibility index (Phi) is 6.81. The molecule has 0 saturated carbocycles. The molecule has 0 saturated heterocycles. The Morgan fingerprint density at radius 3 is 2.29 bits per heavy atom. The van der Waals surface area contributed by atoms with Crippen LogP contribution in [0.5, 0.6) is 17.2 Å². The zero-order valence-electron chi connectivity index (χ0n) is 15.4. The lowest BCUT2D eigenvalue weighted by Crippen LogP contribution is -2.47. The van der Waals surface area contributed by atoms with Crippen molar-refractivity contribution in [1.82, 2.24) is 10.3 Å². The van der Waals surface area contributed by atoms with E-state index in [1.807, 2.05) is 10.9 Å². The number of benzene rings is 2. The average Bonchev–Trinajstić information content (AvgIpc) is 2.71. The third kappa shape index (κ3) is 5.12. The molecule has 0 unspecified atom stereocenters. The molecule has 148 valence electrons. The molecule has 1 atom stereocenters. The van der Waals surface area contributed by atoms with Gasteiger partial charge in [0, 0.05) is 6.07 Å². The molecule has 28 heavy (non-hydrogen) atoms. The first-order valence-electron chi connectivity index (χ1n) is 8.01. The monoisotopic (exact) mass is 405 g/mol. The van der Waals surface area contributed by atoms with Crippen LogP contribution in [0.2, 0.25) is 0 Å². The Balaban J connectivity index is 2.01. The summed E-state index contributed by atoms with van der Waals surface area (Å²) in [6.07, 6.45) is -0.985. The summed E-state index contributed by atoms with van der Waals surface area (Å²) in [6, 6.07) is 12.1. The Hall–Kier alpha value is -3.29. The summed E-state index contributed by atoms with van der Waals surface area (Å²) in [6.45, 7) is 1.46. The Morgan fingerprint density at radius 2 is 1.71 bits per heavy atom. The van der Waals surface area contributed by atoms with E-state index in [4.69, 9.17) is 19.5 Å². The fourth-order valence-electron chi connectivity index (χ4n) is 2.13. The van der Waals surface area contributed by atoms with Crippen LogP contribution in [0, 0.1) is 11.3 Å². The van der Waals surface area contributed by atoms with E-state index in [2.05, 4.69) is 5.43 Å². The molecule has 0 heterocycles. The molecule has 0 bridgehead atoms. The Bertz CT molecular complexity index is 983. The Morgan fingerprint density at radius 1 is 1.07 bits per heavy atom. The van der Waals surface area contributed by atoms with Crippen molar-refractivity contribution in [2.24, 2.45) is 0 Å². The quantitative estimate of drug-likeness (QED) is 0.635. The molecule has 0 aliphatic heterocycles. The van der Waals surface area contributed by atoms with Crippen LogP contribution in [-0.4, -0.2) is 34.6 Å². The van der Waals surface area contributed by atoms with Crippen molar-refractivity contribution in [2.45, 2.75) is 17.9 Å². The maximum atomic E-state index is 12.4. The summed E-state index contributed by atoms with van der Waals surface area (Å²) in [4.78, 5) is 14.0. The molecule has 2 aromatic rings. The fourth-order valence-corrected chi connectivity index (χ4v) is 2.99. The normalized spacial score (nSPS) is 11.8. The molecule has 2 aromatic carbocycles. The number of nitrogens with one attached hydrogen (secondary N) is 2. The van der Waals surface area contributed by atoms with Crippen LogP contribution in [0.1, 0.15) is 12.5 Å². The van der Waals surface area contributed by atoms with Gasteiger partial charge in [-0.15, -0.1) is 4.83 Å². The zero-order valence-corrected chi connectivity index (χ0v) is 16.2. The molecule has 0 fully saturated rings. The molecular weight excluding hydrogens is 386 g/mol. The van der Waals surface area contributed by atoms with Gasteiger partial charge in [-0.05, 0) is 43.3 Å². The minimum absolute atomic E-state index is 0.119. The number of carbonyl (C=O) groups is 1. The minimum atomic E-state index is -4.04. The first-order chi connectivity index (χ1) is 13.3. The fraction of sp³-hybridized carbons (Fsp3) is 0.222. The van der Waals surface area contributed by atoms with E-state index in [-0.39, 0.29) is 10.6 Å². The minimum Gasteiger partial charge on any atom is -0.493 e. The summed E-state index contributed by atoms with van der Waals surface area (Å²) in [5, 5.41) is 8.77. The van der Waals surface area contributed by atoms with Crippen molar-refractivity contribution >= 4 is 15.9 Å². The number of carbonyl (C=O) groups excluding carboxylic acids is 1. The van der Waals surface area contributed by atoms with Gasteiger partial charge in [-0.3, -0.25) is 10.2 Å². The molecule has 2 rings (SSSR count). The van der Waals surface area contributed by atoms with Gasteiger partial charge in [-0.25, -0.2) is 8.42 Å². The molecule has 2 N–H and O–H groups in total. The topological polar surface area (TPSA) is 127 Å². The molecule has 1 amide bonds. The molecule has 9 nitrogen and oxygen atoms in total. The number of hydrogen-bond donors (Lipinski definition) is 2. The van der Waals surface area contributed by atoms with Gasteiger partial charge in [-0.2, -0.15) is 5.26 Å². The second-order valence-corrected chi connectivity index (χ2v) is 7.19. The maximum Gasteiger partial charge on any atom is 0.275 e. The summed E-state index contributed by atoms with van der Waals surface area (Å²) < 4.78 is 40.3. The molecular formula is C18H19N3O6S. The number of ether oxygens (including phenoxy) is 3. The van der Waals surface area contributed by atoms with Gasteiger partial charge in [0.15, 0.2) is 17.6 Å². The number of nitrogens with zero attached hydrogens (tertiary/aromatic N) is 1. The number of hydrogen-bond acceptors (Lipinski definition) is 7. The van der Waals surface area contributed by atoms with Gasteiger partial charge >= 0.3 is 0 Å². The smallest absolute Gasteiger partial charge is 0.275 e. The standard InChI is InChI=1S/C18H19N3O6S/c1-12(27-14-6-4-13(11-19)5-7-14)18(22)20-21-28(23,24)15-8-9-16(25-2)17(10-15)26-3/h4-10,12,21H,1-3H3,(H,20,22)/t12-/m0/s1. The van der Waals surface area contributed by atoms with E-state index < -0.39 is 22.0 Å². The van der Waals surface area contributed by atoms with Crippen molar-refractivity contribution in [3.8, 4) is 23.3 Å². The largest absolute Gasteiger partial charge is 0.493 e. The Labute approximate surface area is 162 Å². The number of hydrazine groups is 1. The van der Waals surface area contributed by atoms with E-state index in [1.165, 1.54) is 51.5 Å². The second-order valence-electron chi connectivity index (χ2n) is 5.51. The summed E-state index contributed by atoms with van der Waals surface area (Å²) in [5.41, 5.74) is 2.55. The predicted octanol–water partition coefficient (Wildman–Crippen LogP) is 1.35. The first-order valence-corrected chi connectivity index (χ1v) is 9.49. The van der Waals surface area contributed by atoms with E-state index in [9.17, 15) is 13.2 Å². The van der Waals surface area contributed by atoms with E-state index in [1.54, 1.807) is 12.1 Å². The van der Waals surface area contributed by atoms with Gasteiger partial charge in [-0.1, -0.05) is 0 Å². The molecule has 0 aliphatic carbocycles. The van der Waals surface area contributed by atoms with Crippen LogP contribution in [0.25, 0.3) is 0 Å². The van der Waals surface area contributed by atoms with Crippen LogP contribution < -0.4 is 24.5 Å².